The first-order valence-corrected chi connectivity index (χ1v) is 10.1. The number of ether oxygens (including phenoxy) is 1. The lowest BCUT2D eigenvalue weighted by Gasteiger charge is -2.05. The molecule has 2 aromatic heterocycles. The second kappa shape index (κ2) is 8.83. The van der Waals surface area contributed by atoms with Gasteiger partial charge < -0.3 is 9.15 Å². The van der Waals surface area contributed by atoms with Crippen LogP contribution in [0.1, 0.15) is 11.3 Å². The zero-order chi connectivity index (χ0) is 20.1. The molecule has 148 valence electrons. The Kier molecular flexibility index (Phi) is 5.81. The summed E-state index contributed by atoms with van der Waals surface area (Å²) in [5.74, 6) is 1.88. The van der Waals surface area contributed by atoms with Crippen molar-refractivity contribution in [1.82, 2.24) is 19.7 Å². The minimum Gasteiger partial charge on any atom is -0.497 e. The lowest BCUT2D eigenvalue weighted by Crippen LogP contribution is -2.18. The van der Waals surface area contributed by atoms with E-state index in [9.17, 15) is 4.79 Å². The van der Waals surface area contributed by atoms with Crippen molar-refractivity contribution in [3.8, 4) is 17.2 Å². The van der Waals surface area contributed by atoms with Crippen LogP contribution in [0.4, 0.5) is 0 Å². The first-order chi connectivity index (χ1) is 14.2. The fourth-order valence-corrected chi connectivity index (χ4v) is 3.72. The van der Waals surface area contributed by atoms with Gasteiger partial charge in [0.15, 0.2) is 5.16 Å². The highest BCUT2D eigenvalue weighted by Crippen LogP contribution is 2.25. The molecule has 7 nitrogen and oxygen atoms in total. The van der Waals surface area contributed by atoms with E-state index in [1.807, 2.05) is 54.6 Å². The van der Waals surface area contributed by atoms with Gasteiger partial charge in [0, 0.05) is 17.9 Å². The van der Waals surface area contributed by atoms with Crippen molar-refractivity contribution in [3.63, 3.8) is 0 Å². The van der Waals surface area contributed by atoms with E-state index in [0.29, 0.717) is 23.3 Å². The topological polar surface area (TPSA) is 85.9 Å². The highest BCUT2D eigenvalue weighted by Gasteiger charge is 2.12. The van der Waals surface area contributed by atoms with Gasteiger partial charge in [0.05, 0.1) is 12.8 Å². The van der Waals surface area contributed by atoms with Crippen molar-refractivity contribution in [2.24, 2.45) is 0 Å². The molecule has 4 rings (SSSR count). The maximum Gasteiger partial charge on any atom is 0.343 e. The Bertz CT molecular complexity index is 1120. The van der Waals surface area contributed by atoms with Gasteiger partial charge in [0.2, 0.25) is 5.89 Å². The molecule has 0 radical (unpaired) electrons. The molecule has 2 aromatic carbocycles. The summed E-state index contributed by atoms with van der Waals surface area (Å²) in [5.41, 5.74) is 2.63. The third-order valence-electron chi connectivity index (χ3n) is 4.43. The number of thioether (sulfide) groups is 1. The number of nitrogens with zero attached hydrogens (tertiary/aromatic N) is 3. The van der Waals surface area contributed by atoms with Crippen LogP contribution < -0.4 is 10.4 Å². The molecule has 0 atom stereocenters. The summed E-state index contributed by atoms with van der Waals surface area (Å²) in [4.78, 5) is 16.6. The summed E-state index contributed by atoms with van der Waals surface area (Å²) in [7, 11) is 1.63. The average Bonchev–Trinajstić information content (AvgIpc) is 3.38. The molecule has 0 unspecified atom stereocenters. The molecule has 2 heterocycles. The quantitative estimate of drug-likeness (QED) is 0.447. The van der Waals surface area contributed by atoms with Crippen molar-refractivity contribution >= 4 is 11.8 Å². The molecule has 8 heteroatoms. The molecular formula is C21H20N4O3S. The SMILES string of the molecule is COc1ccc(-c2nc(CSc3n[nH]c(=O)n3CCc3ccccc3)co2)cc1. The highest BCUT2D eigenvalue weighted by atomic mass is 32.2. The summed E-state index contributed by atoms with van der Waals surface area (Å²) in [5, 5.41) is 7.31. The van der Waals surface area contributed by atoms with Crippen molar-refractivity contribution in [2.45, 2.75) is 23.9 Å². The third kappa shape index (κ3) is 4.60. The molecule has 0 saturated carbocycles. The number of benzene rings is 2. The Morgan fingerprint density at radius 2 is 1.93 bits per heavy atom. The van der Waals surface area contributed by atoms with E-state index in [0.717, 1.165) is 23.4 Å². The van der Waals surface area contributed by atoms with E-state index >= 15 is 0 Å². The summed E-state index contributed by atoms with van der Waals surface area (Å²) in [6.45, 7) is 0.567. The normalized spacial score (nSPS) is 10.9. The van der Waals surface area contributed by atoms with Gasteiger partial charge in [-0.15, -0.1) is 5.10 Å². The lowest BCUT2D eigenvalue weighted by atomic mass is 10.1. The minimum atomic E-state index is -0.206. The average molecular weight is 408 g/mol. The predicted octanol–water partition coefficient (Wildman–Crippen LogP) is 3.77. The van der Waals surface area contributed by atoms with Crippen LogP contribution >= 0.6 is 11.8 Å². The molecule has 0 aliphatic heterocycles. The number of nitrogens with one attached hydrogen (secondary N) is 1. The van der Waals surface area contributed by atoms with E-state index in [4.69, 9.17) is 9.15 Å². The zero-order valence-electron chi connectivity index (χ0n) is 15.9. The Balaban J connectivity index is 1.40. The van der Waals surface area contributed by atoms with Crippen molar-refractivity contribution < 1.29 is 9.15 Å². The Labute approximate surface area is 171 Å². The fraction of sp³-hybridized carbons (Fsp3) is 0.190. The number of aryl methyl sites for hydroxylation is 1. The van der Waals surface area contributed by atoms with Gasteiger partial charge in [-0.1, -0.05) is 42.1 Å². The van der Waals surface area contributed by atoms with Crippen molar-refractivity contribution in [2.75, 3.05) is 7.11 Å². The summed E-state index contributed by atoms with van der Waals surface area (Å²) in [6.07, 6.45) is 2.39. The molecule has 0 amide bonds. The molecule has 0 aliphatic rings. The number of H-pyrrole nitrogens is 1. The van der Waals surface area contributed by atoms with Crippen molar-refractivity contribution in [1.29, 1.82) is 0 Å². The minimum absolute atomic E-state index is 0.206. The molecule has 4 aromatic rings. The number of hydrogen-bond donors (Lipinski definition) is 1. The molecule has 29 heavy (non-hydrogen) atoms. The number of methoxy groups -OCH3 is 1. The van der Waals surface area contributed by atoms with Gasteiger partial charge in [0.25, 0.3) is 0 Å². The van der Waals surface area contributed by atoms with E-state index in [-0.39, 0.29) is 5.69 Å². The number of aromatic amines is 1. The maximum absolute atomic E-state index is 12.1. The van der Waals surface area contributed by atoms with Gasteiger partial charge in [-0.2, -0.15) is 0 Å². The van der Waals surface area contributed by atoms with Crippen LogP contribution in [-0.2, 0) is 18.7 Å². The monoisotopic (exact) mass is 408 g/mol. The Morgan fingerprint density at radius 3 is 2.69 bits per heavy atom. The third-order valence-corrected chi connectivity index (χ3v) is 5.44. The first kappa shape index (κ1) is 19.1. The molecule has 0 fully saturated rings. The smallest absolute Gasteiger partial charge is 0.343 e. The van der Waals surface area contributed by atoms with Gasteiger partial charge in [-0.05, 0) is 36.2 Å². The largest absolute Gasteiger partial charge is 0.497 e. The van der Waals surface area contributed by atoms with E-state index in [1.165, 1.54) is 17.3 Å². The molecule has 0 spiro atoms. The van der Waals surface area contributed by atoms with E-state index in [2.05, 4.69) is 15.2 Å². The molecule has 1 N–H and O–H groups in total. The van der Waals surface area contributed by atoms with Crippen LogP contribution in [0.5, 0.6) is 5.75 Å². The number of oxazole rings is 1. The second-order valence-corrected chi connectivity index (χ2v) is 7.30. The van der Waals surface area contributed by atoms with Crippen LogP contribution in [0.2, 0.25) is 0 Å². The number of aromatic nitrogens is 4. The van der Waals surface area contributed by atoms with Gasteiger partial charge in [0.1, 0.15) is 12.0 Å². The number of rotatable bonds is 8. The van der Waals surface area contributed by atoms with E-state index < -0.39 is 0 Å². The summed E-state index contributed by atoms with van der Waals surface area (Å²) in [6, 6.07) is 17.6. The number of hydrogen-bond acceptors (Lipinski definition) is 6. The fourth-order valence-electron chi connectivity index (χ4n) is 2.87. The predicted molar refractivity (Wildman–Crippen MR) is 111 cm³/mol. The summed E-state index contributed by atoms with van der Waals surface area (Å²) < 4.78 is 12.4. The highest BCUT2D eigenvalue weighted by molar-refractivity contribution is 7.98. The molecule has 0 aliphatic carbocycles. The van der Waals surface area contributed by atoms with Crippen LogP contribution in [0, 0.1) is 0 Å². The van der Waals surface area contributed by atoms with Crippen LogP contribution in [0.3, 0.4) is 0 Å². The first-order valence-electron chi connectivity index (χ1n) is 9.13. The lowest BCUT2D eigenvalue weighted by molar-refractivity contribution is 0.415. The van der Waals surface area contributed by atoms with Gasteiger partial charge in [-0.25, -0.2) is 14.9 Å². The Morgan fingerprint density at radius 1 is 1.14 bits per heavy atom. The van der Waals surface area contributed by atoms with E-state index in [1.54, 1.807) is 17.9 Å². The second-order valence-electron chi connectivity index (χ2n) is 6.36. The summed E-state index contributed by atoms with van der Waals surface area (Å²) >= 11 is 1.45. The molecule has 0 saturated heterocycles. The van der Waals surface area contributed by atoms with Crippen molar-refractivity contribution in [3.05, 3.63) is 82.6 Å². The standard InChI is InChI=1S/C21H20N4O3S/c1-27-18-9-7-16(8-10-18)19-22-17(13-28-19)14-29-21-24-23-20(26)25(21)12-11-15-5-3-2-4-6-15/h2-10,13H,11-12,14H2,1H3,(H,23,26). The maximum atomic E-state index is 12.1. The molecule has 0 bridgehead atoms. The van der Waals surface area contributed by atoms with Crippen LogP contribution in [0.15, 0.2) is 75.2 Å². The molecular weight excluding hydrogens is 388 g/mol. The zero-order valence-corrected chi connectivity index (χ0v) is 16.7. The van der Waals surface area contributed by atoms with Gasteiger partial charge >= 0.3 is 5.69 Å². The Hall–Kier alpha value is -3.26. The van der Waals surface area contributed by atoms with Crippen LogP contribution in [-0.4, -0.2) is 26.9 Å². The van der Waals surface area contributed by atoms with Crippen LogP contribution in [0.25, 0.3) is 11.5 Å². The van der Waals surface area contributed by atoms with Gasteiger partial charge in [-0.3, -0.25) is 4.57 Å².